The van der Waals surface area contributed by atoms with Crippen LogP contribution in [0.4, 0.5) is 8.78 Å². The first-order valence-electron chi connectivity index (χ1n) is 10.6. The molecule has 0 heterocycles. The minimum atomic E-state index is -3.08. The molecule has 0 spiro atoms. The van der Waals surface area contributed by atoms with E-state index in [0.717, 1.165) is 6.42 Å². The van der Waals surface area contributed by atoms with E-state index in [9.17, 15) is 23.8 Å². The van der Waals surface area contributed by atoms with Gasteiger partial charge in [0.25, 0.3) is 5.92 Å². The van der Waals surface area contributed by atoms with E-state index in [4.69, 9.17) is 4.52 Å². The molecule has 0 aliphatic heterocycles. The van der Waals surface area contributed by atoms with Crippen LogP contribution in [0.1, 0.15) is 71.1 Å². The lowest BCUT2D eigenvalue weighted by Crippen LogP contribution is -2.34. The molecular weight excluding hydrogens is 401 g/mol. The SMILES string of the molecule is CCCCC(F)(F)C(O)CC[C@H]1C(OP)CC(O)C1CC=CCCCC(=O)OC. The average molecular weight is 438 g/mol. The maximum Gasteiger partial charge on any atom is 0.305 e. The van der Waals surface area contributed by atoms with Crippen LogP contribution in [0.25, 0.3) is 0 Å². The van der Waals surface area contributed by atoms with Crippen molar-refractivity contribution in [3.05, 3.63) is 12.2 Å². The molecule has 1 saturated carbocycles. The van der Waals surface area contributed by atoms with Crippen molar-refractivity contribution in [1.29, 1.82) is 0 Å². The summed E-state index contributed by atoms with van der Waals surface area (Å²) in [6.45, 7) is 1.84. The van der Waals surface area contributed by atoms with Gasteiger partial charge in [0.15, 0.2) is 0 Å². The standard InChI is InChI=1S/C21H37F2O5P/c1-3-4-13-21(22,23)19(25)12-11-16-15(17(24)14-18(16)28-29)9-7-5-6-8-10-20(26)27-2/h5,7,15-19,24-25H,3-4,6,8-14,29H2,1-2H3/t15?,16-,17?,18?,19?/m1/s1. The van der Waals surface area contributed by atoms with Crippen LogP contribution in [-0.2, 0) is 14.1 Å². The number of hydrogen-bond donors (Lipinski definition) is 2. The molecule has 0 aromatic carbocycles. The van der Waals surface area contributed by atoms with E-state index in [1.165, 1.54) is 7.11 Å². The highest BCUT2D eigenvalue weighted by Crippen LogP contribution is 2.41. The van der Waals surface area contributed by atoms with E-state index in [1.807, 2.05) is 19.1 Å². The highest BCUT2D eigenvalue weighted by Gasteiger charge is 2.44. The Morgan fingerprint density at radius 2 is 2.03 bits per heavy atom. The third-order valence-electron chi connectivity index (χ3n) is 5.85. The summed E-state index contributed by atoms with van der Waals surface area (Å²) < 4.78 is 38.1. The van der Waals surface area contributed by atoms with Crippen LogP contribution in [0.2, 0.25) is 0 Å². The Morgan fingerprint density at radius 3 is 2.66 bits per heavy atom. The monoisotopic (exact) mass is 438 g/mol. The van der Waals surface area contributed by atoms with E-state index in [1.54, 1.807) is 0 Å². The number of allylic oxidation sites excluding steroid dienone is 2. The molecule has 0 aromatic heterocycles. The molecule has 8 heteroatoms. The number of carbonyl (C=O) groups excluding carboxylic acids is 1. The molecule has 0 radical (unpaired) electrons. The molecule has 0 aromatic rings. The lowest BCUT2D eigenvalue weighted by atomic mass is 9.85. The Morgan fingerprint density at radius 1 is 1.31 bits per heavy atom. The maximum absolute atomic E-state index is 14.1. The van der Waals surface area contributed by atoms with Crippen molar-refractivity contribution < 1.29 is 33.0 Å². The highest BCUT2D eigenvalue weighted by atomic mass is 31.0. The summed E-state index contributed by atoms with van der Waals surface area (Å²) in [6, 6.07) is 0. The average Bonchev–Trinajstić information content (AvgIpc) is 3.01. The van der Waals surface area contributed by atoms with Gasteiger partial charge in [-0.15, -0.1) is 0 Å². The van der Waals surface area contributed by atoms with Gasteiger partial charge in [0.2, 0.25) is 0 Å². The summed E-state index contributed by atoms with van der Waals surface area (Å²) in [4.78, 5) is 11.1. The van der Waals surface area contributed by atoms with Crippen molar-refractivity contribution in [2.24, 2.45) is 11.8 Å². The molecule has 2 N–H and O–H groups in total. The van der Waals surface area contributed by atoms with Crippen molar-refractivity contribution in [2.75, 3.05) is 7.11 Å². The Balaban J connectivity index is 2.56. The van der Waals surface area contributed by atoms with Crippen LogP contribution in [0.15, 0.2) is 12.2 Å². The number of aliphatic hydroxyl groups is 2. The molecule has 1 aliphatic carbocycles. The summed E-state index contributed by atoms with van der Waals surface area (Å²) in [5, 5.41) is 20.4. The van der Waals surface area contributed by atoms with Gasteiger partial charge in [-0.1, -0.05) is 25.5 Å². The van der Waals surface area contributed by atoms with Gasteiger partial charge in [0, 0.05) is 28.7 Å². The minimum Gasteiger partial charge on any atom is -0.469 e. The molecule has 1 aliphatic rings. The topological polar surface area (TPSA) is 76.0 Å². The lowest BCUT2D eigenvalue weighted by molar-refractivity contribution is -0.140. The number of carbonyl (C=O) groups is 1. The van der Waals surface area contributed by atoms with Gasteiger partial charge in [-0.05, 0) is 50.4 Å². The zero-order chi connectivity index (χ0) is 21.9. The molecule has 29 heavy (non-hydrogen) atoms. The minimum absolute atomic E-state index is 0.0159. The molecule has 170 valence electrons. The van der Waals surface area contributed by atoms with E-state index in [2.05, 4.69) is 14.2 Å². The summed E-state index contributed by atoms with van der Waals surface area (Å²) in [7, 11) is 3.56. The van der Waals surface area contributed by atoms with Gasteiger partial charge in [-0.3, -0.25) is 4.79 Å². The number of hydrogen-bond acceptors (Lipinski definition) is 5. The van der Waals surface area contributed by atoms with Crippen molar-refractivity contribution in [2.45, 2.75) is 95.4 Å². The Hall–Kier alpha value is -0.620. The highest BCUT2D eigenvalue weighted by molar-refractivity contribution is 7.09. The largest absolute Gasteiger partial charge is 0.469 e. The molecule has 6 atom stereocenters. The maximum atomic E-state index is 14.1. The van der Waals surface area contributed by atoms with Crippen LogP contribution in [0.5, 0.6) is 0 Å². The van der Waals surface area contributed by atoms with Crippen LogP contribution >= 0.6 is 9.47 Å². The van der Waals surface area contributed by atoms with Gasteiger partial charge < -0.3 is 19.5 Å². The Labute approximate surface area is 175 Å². The number of unbranched alkanes of at least 4 members (excludes halogenated alkanes) is 2. The molecule has 0 saturated heterocycles. The first kappa shape index (κ1) is 26.4. The van der Waals surface area contributed by atoms with E-state index in [0.29, 0.717) is 44.9 Å². The molecular formula is C21H37F2O5P. The number of aliphatic hydroxyl groups excluding tert-OH is 2. The molecule has 1 fully saturated rings. The third-order valence-corrected chi connectivity index (χ3v) is 6.20. The second-order valence-corrected chi connectivity index (χ2v) is 8.21. The van der Waals surface area contributed by atoms with Crippen molar-refractivity contribution in [3.8, 4) is 0 Å². The van der Waals surface area contributed by atoms with Crippen LogP contribution in [0.3, 0.4) is 0 Å². The van der Waals surface area contributed by atoms with Gasteiger partial charge >= 0.3 is 5.97 Å². The smallest absolute Gasteiger partial charge is 0.305 e. The number of methoxy groups -OCH3 is 1. The summed E-state index contributed by atoms with van der Waals surface area (Å²) in [5.74, 6) is -3.52. The van der Waals surface area contributed by atoms with E-state index >= 15 is 0 Å². The zero-order valence-corrected chi connectivity index (χ0v) is 18.7. The number of rotatable bonds is 14. The van der Waals surface area contributed by atoms with Gasteiger partial charge in [-0.2, -0.15) is 0 Å². The summed E-state index contributed by atoms with van der Waals surface area (Å²) in [6.07, 6.45) is 5.41. The molecule has 0 amide bonds. The van der Waals surface area contributed by atoms with E-state index < -0.39 is 18.1 Å². The van der Waals surface area contributed by atoms with Crippen molar-refractivity contribution in [3.63, 3.8) is 0 Å². The second-order valence-electron chi connectivity index (χ2n) is 7.94. The van der Waals surface area contributed by atoms with E-state index in [-0.39, 0.29) is 36.8 Å². The fourth-order valence-electron chi connectivity index (χ4n) is 4.02. The number of halogens is 2. The third kappa shape index (κ3) is 8.95. The predicted molar refractivity (Wildman–Crippen MR) is 112 cm³/mol. The molecule has 5 nitrogen and oxygen atoms in total. The molecule has 1 rings (SSSR count). The molecule has 5 unspecified atom stereocenters. The second kappa shape index (κ2) is 13.6. The van der Waals surface area contributed by atoms with Crippen molar-refractivity contribution >= 4 is 15.4 Å². The summed E-state index contributed by atoms with van der Waals surface area (Å²) in [5.41, 5.74) is 0. The number of ether oxygens (including phenoxy) is 1. The normalized spacial score (nSPS) is 26.2. The predicted octanol–water partition coefficient (Wildman–Crippen LogP) is 4.41. The lowest BCUT2D eigenvalue weighted by Gasteiger charge is -2.27. The Kier molecular flexibility index (Phi) is 12.4. The van der Waals surface area contributed by atoms with Crippen molar-refractivity contribution in [1.82, 2.24) is 0 Å². The quantitative estimate of drug-likeness (QED) is 0.182. The van der Waals surface area contributed by atoms with Gasteiger partial charge in [-0.25, -0.2) is 8.78 Å². The van der Waals surface area contributed by atoms with Crippen LogP contribution < -0.4 is 0 Å². The number of esters is 1. The van der Waals surface area contributed by atoms with Crippen LogP contribution in [-0.4, -0.2) is 47.5 Å². The number of alkyl halides is 2. The fourth-order valence-corrected chi connectivity index (χ4v) is 4.33. The van der Waals surface area contributed by atoms with Gasteiger partial charge in [0.1, 0.15) is 6.10 Å². The van der Waals surface area contributed by atoms with Crippen LogP contribution in [0, 0.1) is 11.8 Å². The molecule has 0 bridgehead atoms. The summed E-state index contributed by atoms with van der Waals surface area (Å²) >= 11 is 0. The fraction of sp³-hybridized carbons (Fsp3) is 0.857. The van der Waals surface area contributed by atoms with Gasteiger partial charge in [0.05, 0.1) is 19.3 Å². The zero-order valence-electron chi connectivity index (χ0n) is 17.6. The Bertz CT molecular complexity index is 503. The first-order valence-corrected chi connectivity index (χ1v) is 11.0. The first-order chi connectivity index (χ1) is 13.8.